The van der Waals surface area contributed by atoms with Gasteiger partial charge in [0.1, 0.15) is 0 Å². The molecule has 0 aromatic carbocycles. The van der Waals surface area contributed by atoms with Gasteiger partial charge in [0.05, 0.1) is 5.60 Å². The summed E-state index contributed by atoms with van der Waals surface area (Å²) in [4.78, 5) is 0. The van der Waals surface area contributed by atoms with Crippen LogP contribution in [0.5, 0.6) is 0 Å². The topological polar surface area (TPSA) is 40.5 Å². The molecule has 0 aliphatic heterocycles. The van der Waals surface area contributed by atoms with Gasteiger partial charge in [0.2, 0.25) is 0 Å². The molecule has 0 spiro atoms. The molecular weight excluding hydrogens is 272 g/mol. The number of rotatable bonds is 1. The molecule has 4 fully saturated rings. The van der Waals surface area contributed by atoms with Crippen LogP contribution in [0.3, 0.4) is 0 Å². The Morgan fingerprint density at radius 3 is 2.41 bits per heavy atom. The summed E-state index contributed by atoms with van der Waals surface area (Å²) < 4.78 is 0. The van der Waals surface area contributed by atoms with Gasteiger partial charge in [-0.15, -0.1) is 0 Å². The van der Waals surface area contributed by atoms with Crippen molar-refractivity contribution in [1.29, 1.82) is 0 Å². The molecular formula is C20H34O2. The minimum atomic E-state index is -0.396. The van der Waals surface area contributed by atoms with Crippen LogP contribution in [0, 0.1) is 40.9 Å². The van der Waals surface area contributed by atoms with Crippen LogP contribution in [0.1, 0.15) is 71.6 Å². The monoisotopic (exact) mass is 306 g/mol. The zero-order chi connectivity index (χ0) is 15.5. The zero-order valence-corrected chi connectivity index (χ0v) is 14.4. The van der Waals surface area contributed by atoms with E-state index in [9.17, 15) is 10.2 Å². The molecule has 0 aromatic heterocycles. The van der Waals surface area contributed by atoms with Crippen LogP contribution in [-0.4, -0.2) is 22.4 Å². The molecule has 0 bridgehead atoms. The van der Waals surface area contributed by atoms with Crippen LogP contribution in [-0.2, 0) is 0 Å². The van der Waals surface area contributed by atoms with Crippen LogP contribution >= 0.6 is 0 Å². The summed E-state index contributed by atoms with van der Waals surface area (Å²) in [7, 11) is 0. The summed E-state index contributed by atoms with van der Waals surface area (Å²) in [6.07, 6.45) is 11.4. The standard InChI is InChI=1S/C20H34O2/c1-19(22)9-7-15-13(11-19)3-5-17-16(15)8-10-20(2)14(12-21)4-6-18(17)20/h13-18,21-22H,3-12H2,1-2H3/t13?,14-,15+,16-,17-,18+,19-,20-/m1/s1. The second-order valence-corrected chi connectivity index (χ2v) is 9.68. The van der Waals surface area contributed by atoms with Crippen molar-refractivity contribution in [1.82, 2.24) is 0 Å². The average molecular weight is 306 g/mol. The van der Waals surface area contributed by atoms with E-state index >= 15 is 0 Å². The predicted octanol–water partition coefficient (Wildman–Crippen LogP) is 4.00. The lowest BCUT2D eigenvalue weighted by atomic mass is 9.49. The minimum Gasteiger partial charge on any atom is -0.396 e. The molecule has 2 heteroatoms. The summed E-state index contributed by atoms with van der Waals surface area (Å²) in [5, 5.41) is 20.2. The van der Waals surface area contributed by atoms with Crippen molar-refractivity contribution in [2.75, 3.05) is 6.61 Å². The molecule has 2 nitrogen and oxygen atoms in total. The van der Waals surface area contributed by atoms with Crippen LogP contribution in [0.2, 0.25) is 0 Å². The Morgan fingerprint density at radius 1 is 0.864 bits per heavy atom. The fourth-order valence-electron chi connectivity index (χ4n) is 7.49. The molecule has 4 rings (SSSR count). The van der Waals surface area contributed by atoms with Gasteiger partial charge in [0, 0.05) is 6.61 Å². The fraction of sp³-hybridized carbons (Fsp3) is 1.00. The van der Waals surface area contributed by atoms with Gasteiger partial charge in [0.15, 0.2) is 0 Å². The van der Waals surface area contributed by atoms with Crippen LogP contribution in [0.25, 0.3) is 0 Å². The van der Waals surface area contributed by atoms with E-state index in [1.54, 1.807) is 0 Å². The number of fused-ring (bicyclic) bond motifs is 5. The maximum atomic E-state index is 10.4. The molecule has 1 unspecified atom stereocenters. The van der Waals surface area contributed by atoms with E-state index < -0.39 is 5.60 Å². The van der Waals surface area contributed by atoms with Gasteiger partial charge in [0.25, 0.3) is 0 Å². The quantitative estimate of drug-likeness (QED) is 0.769. The van der Waals surface area contributed by atoms with E-state index in [0.717, 1.165) is 42.4 Å². The lowest BCUT2D eigenvalue weighted by molar-refractivity contribution is -0.102. The van der Waals surface area contributed by atoms with E-state index in [4.69, 9.17) is 0 Å². The highest BCUT2D eigenvalue weighted by atomic mass is 16.3. The van der Waals surface area contributed by atoms with E-state index in [2.05, 4.69) is 13.8 Å². The average Bonchev–Trinajstić information content (AvgIpc) is 2.82. The summed E-state index contributed by atoms with van der Waals surface area (Å²) in [6.45, 7) is 4.94. The summed E-state index contributed by atoms with van der Waals surface area (Å²) in [5.41, 5.74) is 0.0233. The van der Waals surface area contributed by atoms with Crippen LogP contribution in [0.15, 0.2) is 0 Å². The Bertz CT molecular complexity index is 431. The fourth-order valence-corrected chi connectivity index (χ4v) is 7.49. The van der Waals surface area contributed by atoms with Gasteiger partial charge in [-0.05, 0) is 106 Å². The highest BCUT2D eigenvalue weighted by Gasteiger charge is 2.57. The molecule has 0 heterocycles. The molecule has 0 aromatic rings. The normalized spacial score (nSPS) is 57.8. The molecule has 4 aliphatic carbocycles. The predicted molar refractivity (Wildman–Crippen MR) is 88.3 cm³/mol. The molecule has 0 amide bonds. The number of hydrogen-bond donors (Lipinski definition) is 2. The Kier molecular flexibility index (Phi) is 3.66. The Balaban J connectivity index is 1.54. The third-order valence-corrected chi connectivity index (χ3v) is 8.65. The zero-order valence-electron chi connectivity index (χ0n) is 14.4. The van der Waals surface area contributed by atoms with Crippen molar-refractivity contribution < 1.29 is 10.2 Å². The Morgan fingerprint density at radius 2 is 1.64 bits per heavy atom. The first-order chi connectivity index (χ1) is 10.4. The Labute approximate surface area is 135 Å². The first kappa shape index (κ1) is 15.4. The van der Waals surface area contributed by atoms with E-state index in [1.165, 1.54) is 44.9 Å². The van der Waals surface area contributed by atoms with Gasteiger partial charge in [-0.25, -0.2) is 0 Å². The van der Waals surface area contributed by atoms with Crippen molar-refractivity contribution in [3.05, 3.63) is 0 Å². The van der Waals surface area contributed by atoms with E-state index in [1.807, 2.05) is 0 Å². The highest BCUT2D eigenvalue weighted by Crippen LogP contribution is 2.64. The third kappa shape index (κ3) is 2.20. The van der Waals surface area contributed by atoms with Crippen molar-refractivity contribution >= 4 is 0 Å². The van der Waals surface area contributed by atoms with Crippen LogP contribution in [0.4, 0.5) is 0 Å². The second-order valence-electron chi connectivity index (χ2n) is 9.68. The summed E-state index contributed by atoms with van der Waals surface area (Å²) in [5.74, 6) is 4.93. The maximum absolute atomic E-state index is 10.4. The van der Waals surface area contributed by atoms with Crippen molar-refractivity contribution in [2.24, 2.45) is 40.9 Å². The first-order valence-corrected chi connectivity index (χ1v) is 9.78. The van der Waals surface area contributed by atoms with Gasteiger partial charge >= 0.3 is 0 Å². The lowest BCUT2D eigenvalue weighted by Gasteiger charge is -2.57. The van der Waals surface area contributed by atoms with E-state index in [0.29, 0.717) is 17.9 Å². The Hall–Kier alpha value is -0.0800. The van der Waals surface area contributed by atoms with E-state index in [-0.39, 0.29) is 0 Å². The van der Waals surface area contributed by atoms with Crippen molar-refractivity contribution in [2.45, 2.75) is 77.2 Å². The van der Waals surface area contributed by atoms with Gasteiger partial charge in [-0.1, -0.05) is 6.92 Å². The largest absolute Gasteiger partial charge is 0.396 e. The first-order valence-electron chi connectivity index (χ1n) is 9.78. The van der Waals surface area contributed by atoms with Crippen LogP contribution < -0.4 is 0 Å². The highest BCUT2D eigenvalue weighted by molar-refractivity contribution is 5.06. The van der Waals surface area contributed by atoms with Gasteiger partial charge < -0.3 is 10.2 Å². The maximum Gasteiger partial charge on any atom is 0.0622 e. The van der Waals surface area contributed by atoms with Gasteiger partial charge in [-0.3, -0.25) is 0 Å². The van der Waals surface area contributed by atoms with Crippen molar-refractivity contribution in [3.8, 4) is 0 Å². The molecule has 0 saturated heterocycles. The number of hydrogen-bond acceptors (Lipinski definition) is 2. The summed E-state index contributed by atoms with van der Waals surface area (Å²) in [6, 6.07) is 0. The van der Waals surface area contributed by atoms with Crippen molar-refractivity contribution in [3.63, 3.8) is 0 Å². The molecule has 8 atom stereocenters. The number of aliphatic hydroxyl groups is 2. The molecule has 126 valence electrons. The molecule has 2 N–H and O–H groups in total. The minimum absolute atomic E-state index is 0.396. The SMILES string of the molecule is C[C@@]1(O)CC[C@H]2C(CC[C@@H]3[C@@H]2CC[C@]2(C)[C@@H](CO)CC[C@@H]32)C1. The molecule has 0 radical (unpaired) electrons. The molecule has 4 saturated carbocycles. The summed E-state index contributed by atoms with van der Waals surface area (Å²) >= 11 is 0. The number of aliphatic hydroxyl groups excluding tert-OH is 1. The van der Waals surface area contributed by atoms with Gasteiger partial charge in [-0.2, -0.15) is 0 Å². The molecule has 22 heavy (non-hydrogen) atoms. The third-order valence-electron chi connectivity index (χ3n) is 8.65. The smallest absolute Gasteiger partial charge is 0.0622 e. The second kappa shape index (κ2) is 5.21. The lowest BCUT2D eigenvalue weighted by Crippen LogP contribution is -2.50. The molecule has 4 aliphatic rings.